The number of aliphatic hydroxyl groups excluding tert-OH is 1. The van der Waals surface area contributed by atoms with E-state index in [1.54, 1.807) is 13.8 Å². The lowest BCUT2D eigenvalue weighted by Crippen LogP contribution is -2.65. The van der Waals surface area contributed by atoms with Gasteiger partial charge in [-0.25, -0.2) is 4.79 Å². The fourth-order valence-electron chi connectivity index (χ4n) is 1.99. The second-order valence-corrected chi connectivity index (χ2v) is 5.81. The van der Waals surface area contributed by atoms with E-state index in [0.29, 0.717) is 0 Å². The molecule has 14 heavy (non-hydrogen) atoms. The molecule has 2 aliphatic rings. The Bertz CT molecular complexity index is 316. The molecule has 2 aliphatic heterocycles. The van der Waals surface area contributed by atoms with Gasteiger partial charge in [-0.3, -0.25) is 4.79 Å². The molecule has 0 aromatic carbocycles. The zero-order valence-electron chi connectivity index (χ0n) is 7.80. The number of aliphatic carboxylic acids is 1. The SMILES string of the molecule is CC1(C)S[C@@H]2[C@@H](O)C(=O)N2[C@H]1C(=O)O. The van der Waals surface area contributed by atoms with Crippen LogP contribution in [0.3, 0.4) is 0 Å². The van der Waals surface area contributed by atoms with Gasteiger partial charge in [-0.15, -0.1) is 11.8 Å². The average Bonchev–Trinajstić information content (AvgIpc) is 2.34. The third-order valence-electron chi connectivity index (χ3n) is 2.65. The molecule has 2 heterocycles. The van der Waals surface area contributed by atoms with Crippen molar-refractivity contribution >= 4 is 23.6 Å². The van der Waals surface area contributed by atoms with Crippen molar-refractivity contribution in [3.05, 3.63) is 0 Å². The lowest BCUT2D eigenvalue weighted by atomic mass is 9.97. The van der Waals surface area contributed by atoms with Crippen molar-refractivity contribution < 1.29 is 19.8 Å². The number of aliphatic hydroxyl groups is 1. The topological polar surface area (TPSA) is 77.8 Å². The lowest BCUT2D eigenvalue weighted by molar-refractivity contribution is -0.169. The van der Waals surface area contributed by atoms with Gasteiger partial charge >= 0.3 is 5.97 Å². The van der Waals surface area contributed by atoms with Crippen molar-refractivity contribution in [3.8, 4) is 0 Å². The third kappa shape index (κ3) is 1.01. The number of hydrogen-bond donors (Lipinski definition) is 2. The number of carboxylic acids is 1. The summed E-state index contributed by atoms with van der Waals surface area (Å²) in [5.41, 5.74) is 0. The quantitative estimate of drug-likeness (QED) is 0.579. The normalized spacial score (nSPS) is 39.2. The molecule has 0 aromatic heterocycles. The van der Waals surface area contributed by atoms with E-state index in [1.807, 2.05) is 0 Å². The summed E-state index contributed by atoms with van der Waals surface area (Å²) in [5, 5.41) is 17.9. The molecule has 0 radical (unpaired) electrons. The summed E-state index contributed by atoms with van der Waals surface area (Å²) < 4.78 is -0.538. The van der Waals surface area contributed by atoms with Gasteiger partial charge in [0.25, 0.3) is 5.91 Å². The van der Waals surface area contributed by atoms with E-state index >= 15 is 0 Å². The number of nitrogens with zero attached hydrogens (tertiary/aromatic N) is 1. The smallest absolute Gasteiger partial charge is 0.327 e. The van der Waals surface area contributed by atoms with Crippen molar-refractivity contribution in [2.24, 2.45) is 0 Å². The van der Waals surface area contributed by atoms with E-state index in [0.717, 1.165) is 0 Å². The van der Waals surface area contributed by atoms with Crippen LogP contribution < -0.4 is 0 Å². The Morgan fingerprint density at radius 3 is 2.64 bits per heavy atom. The number of rotatable bonds is 1. The monoisotopic (exact) mass is 217 g/mol. The largest absolute Gasteiger partial charge is 0.480 e. The van der Waals surface area contributed by atoms with Crippen molar-refractivity contribution in [1.82, 2.24) is 4.90 Å². The molecule has 0 aliphatic carbocycles. The highest BCUT2D eigenvalue weighted by atomic mass is 32.2. The molecular weight excluding hydrogens is 206 g/mol. The highest BCUT2D eigenvalue weighted by molar-refractivity contribution is 8.01. The van der Waals surface area contributed by atoms with E-state index in [4.69, 9.17) is 5.11 Å². The van der Waals surface area contributed by atoms with Crippen molar-refractivity contribution in [2.45, 2.75) is 36.1 Å². The molecule has 78 valence electrons. The second kappa shape index (κ2) is 2.64. The maximum absolute atomic E-state index is 11.2. The van der Waals surface area contributed by atoms with Gasteiger partial charge in [0.1, 0.15) is 11.4 Å². The predicted molar refractivity (Wildman–Crippen MR) is 49.7 cm³/mol. The first kappa shape index (κ1) is 9.79. The van der Waals surface area contributed by atoms with E-state index in [-0.39, 0.29) is 5.37 Å². The number of hydrogen-bond acceptors (Lipinski definition) is 4. The van der Waals surface area contributed by atoms with Gasteiger partial charge in [-0.05, 0) is 13.8 Å². The average molecular weight is 217 g/mol. The molecule has 3 atom stereocenters. The summed E-state index contributed by atoms with van der Waals surface area (Å²) in [5.74, 6) is -1.48. The molecule has 0 unspecified atom stereocenters. The Morgan fingerprint density at radius 1 is 1.57 bits per heavy atom. The first-order valence-corrected chi connectivity index (χ1v) is 5.15. The number of fused-ring (bicyclic) bond motifs is 1. The van der Waals surface area contributed by atoms with Gasteiger partial charge in [0, 0.05) is 4.75 Å². The van der Waals surface area contributed by atoms with Crippen LogP contribution in [-0.2, 0) is 9.59 Å². The minimum absolute atomic E-state index is 0.376. The number of thioether (sulfide) groups is 1. The Hall–Kier alpha value is -0.750. The maximum Gasteiger partial charge on any atom is 0.327 e. The van der Waals surface area contributed by atoms with Crippen LogP contribution in [-0.4, -0.2) is 49.3 Å². The predicted octanol–water partition coefficient (Wildman–Crippen LogP) is -0.506. The molecule has 5 nitrogen and oxygen atoms in total. The van der Waals surface area contributed by atoms with Crippen LogP contribution >= 0.6 is 11.8 Å². The Labute approximate surface area is 85.1 Å². The number of β-lactam (4-membered cyclic amide) rings is 1. The minimum Gasteiger partial charge on any atom is -0.480 e. The summed E-state index contributed by atoms with van der Waals surface area (Å²) in [6, 6.07) is -0.826. The summed E-state index contributed by atoms with van der Waals surface area (Å²) in [4.78, 5) is 23.5. The zero-order valence-corrected chi connectivity index (χ0v) is 8.61. The van der Waals surface area contributed by atoms with Crippen LogP contribution in [0.25, 0.3) is 0 Å². The van der Waals surface area contributed by atoms with E-state index in [2.05, 4.69) is 0 Å². The minimum atomic E-state index is -1.02. The highest BCUT2D eigenvalue weighted by Gasteiger charge is 2.63. The van der Waals surface area contributed by atoms with Gasteiger partial charge in [-0.1, -0.05) is 0 Å². The first-order chi connectivity index (χ1) is 6.36. The van der Waals surface area contributed by atoms with E-state index in [9.17, 15) is 14.7 Å². The lowest BCUT2D eigenvalue weighted by Gasteiger charge is -2.40. The van der Waals surface area contributed by atoms with E-state index < -0.39 is 28.8 Å². The molecule has 2 fully saturated rings. The first-order valence-electron chi connectivity index (χ1n) is 4.27. The molecule has 0 spiro atoms. The second-order valence-electron chi connectivity index (χ2n) is 4.04. The molecular formula is C8H11NO4S. The van der Waals surface area contributed by atoms with Gasteiger partial charge < -0.3 is 15.1 Å². The molecule has 0 bridgehead atoms. The Morgan fingerprint density at radius 2 is 2.14 bits per heavy atom. The Balaban J connectivity index is 2.32. The molecule has 2 saturated heterocycles. The van der Waals surface area contributed by atoms with Crippen LogP contribution in [0.15, 0.2) is 0 Å². The van der Waals surface area contributed by atoms with E-state index in [1.165, 1.54) is 16.7 Å². The van der Waals surface area contributed by atoms with Crippen LogP contribution in [0.5, 0.6) is 0 Å². The van der Waals surface area contributed by atoms with Crippen LogP contribution in [0.2, 0.25) is 0 Å². The summed E-state index contributed by atoms with van der Waals surface area (Å²) in [7, 11) is 0. The standard InChI is InChI=1S/C8H11NO4S/c1-8(2)4(7(12)13)9-5(11)3(10)6(9)14-8/h3-4,6,10H,1-2H3,(H,12,13)/t3-,4-,6+/m0/s1. The fourth-order valence-corrected chi connectivity index (χ4v) is 3.54. The van der Waals surface area contributed by atoms with Crippen LogP contribution in [0, 0.1) is 0 Å². The summed E-state index contributed by atoms with van der Waals surface area (Å²) in [6.07, 6.45) is -1.02. The molecule has 1 amide bonds. The molecule has 2 N–H and O–H groups in total. The van der Waals surface area contributed by atoms with Crippen molar-refractivity contribution in [1.29, 1.82) is 0 Å². The summed E-state index contributed by atoms with van der Waals surface area (Å²) in [6.45, 7) is 3.55. The van der Waals surface area contributed by atoms with Crippen molar-refractivity contribution in [2.75, 3.05) is 0 Å². The third-order valence-corrected chi connectivity index (χ3v) is 4.20. The number of carboxylic acid groups (broad SMARTS) is 1. The van der Waals surface area contributed by atoms with Crippen molar-refractivity contribution in [3.63, 3.8) is 0 Å². The molecule has 2 rings (SSSR count). The van der Waals surface area contributed by atoms with Gasteiger partial charge in [0.05, 0.1) is 0 Å². The number of amides is 1. The van der Waals surface area contributed by atoms with Gasteiger partial charge in [0.15, 0.2) is 6.10 Å². The summed E-state index contributed by atoms with van der Waals surface area (Å²) >= 11 is 1.34. The maximum atomic E-state index is 11.2. The van der Waals surface area contributed by atoms with Gasteiger partial charge in [0.2, 0.25) is 0 Å². The molecule has 0 saturated carbocycles. The van der Waals surface area contributed by atoms with Crippen LogP contribution in [0.4, 0.5) is 0 Å². The number of carbonyl (C=O) groups excluding carboxylic acids is 1. The van der Waals surface area contributed by atoms with Crippen LogP contribution in [0.1, 0.15) is 13.8 Å². The van der Waals surface area contributed by atoms with Gasteiger partial charge in [-0.2, -0.15) is 0 Å². The highest BCUT2D eigenvalue weighted by Crippen LogP contribution is 2.50. The zero-order chi connectivity index (χ0) is 10.7. The molecule has 0 aromatic rings. The molecule has 6 heteroatoms. The number of carbonyl (C=O) groups is 2. The Kier molecular flexibility index (Phi) is 1.84. The fraction of sp³-hybridized carbons (Fsp3) is 0.750.